The lowest BCUT2D eigenvalue weighted by atomic mass is 10.1. The van der Waals surface area contributed by atoms with Gasteiger partial charge in [0.1, 0.15) is 17.7 Å². The number of imide groups is 1. The molecule has 2 aliphatic rings. The van der Waals surface area contributed by atoms with Crippen LogP contribution in [-0.4, -0.2) is 92.2 Å². The summed E-state index contributed by atoms with van der Waals surface area (Å²) >= 11 is 0. The molecule has 0 radical (unpaired) electrons. The van der Waals surface area contributed by atoms with E-state index in [0.29, 0.717) is 38.3 Å². The van der Waals surface area contributed by atoms with Gasteiger partial charge in [0.15, 0.2) is 5.65 Å². The normalized spacial score (nSPS) is 17.4. The molecule has 4 amide bonds. The van der Waals surface area contributed by atoms with E-state index in [-0.39, 0.29) is 36.4 Å². The third kappa shape index (κ3) is 8.94. The predicted molar refractivity (Wildman–Crippen MR) is 198 cm³/mol. The fourth-order valence-electron chi connectivity index (χ4n) is 6.33. The number of piperazine rings is 1. The Labute approximate surface area is 298 Å². The topological polar surface area (TPSA) is 168 Å². The SMILES string of the molecule is CC[C@@H](CO)Nc1cc(NCc2ccc(NC(=O)N3CCN(Cc4cccc(NC5CCC(=O)NC5=O)c4)CC3)cc2)n2ncc(C(C)C)c2n1. The van der Waals surface area contributed by atoms with Gasteiger partial charge in [0.25, 0.3) is 0 Å². The van der Waals surface area contributed by atoms with Crippen LogP contribution in [0, 0.1) is 0 Å². The number of rotatable bonds is 13. The van der Waals surface area contributed by atoms with Crippen molar-refractivity contribution in [3.05, 3.63) is 77.5 Å². The first kappa shape index (κ1) is 35.6. The van der Waals surface area contributed by atoms with Crippen molar-refractivity contribution in [3.8, 4) is 0 Å². The van der Waals surface area contributed by atoms with Gasteiger partial charge in [-0.15, -0.1) is 0 Å². The summed E-state index contributed by atoms with van der Waals surface area (Å²) in [6, 6.07) is 17.1. The third-order valence-corrected chi connectivity index (χ3v) is 9.44. The van der Waals surface area contributed by atoms with E-state index in [1.807, 2.05) is 71.1 Å². The fourth-order valence-corrected chi connectivity index (χ4v) is 6.33. The maximum Gasteiger partial charge on any atom is 0.321 e. The Bertz CT molecular complexity index is 1830. The zero-order chi connectivity index (χ0) is 35.9. The van der Waals surface area contributed by atoms with Gasteiger partial charge in [0, 0.05) is 68.7 Å². The molecule has 2 aromatic heterocycles. The van der Waals surface area contributed by atoms with Crippen LogP contribution in [0.4, 0.5) is 27.8 Å². The summed E-state index contributed by atoms with van der Waals surface area (Å²) in [5.74, 6) is 1.21. The van der Waals surface area contributed by atoms with Crippen LogP contribution in [0.25, 0.3) is 5.65 Å². The molecule has 0 aliphatic carbocycles. The van der Waals surface area contributed by atoms with Crippen LogP contribution in [0.2, 0.25) is 0 Å². The molecule has 6 N–H and O–H groups in total. The molecule has 14 nitrogen and oxygen atoms in total. The zero-order valence-electron chi connectivity index (χ0n) is 29.5. The highest BCUT2D eigenvalue weighted by atomic mass is 16.3. The van der Waals surface area contributed by atoms with Crippen LogP contribution in [0.1, 0.15) is 62.6 Å². The molecule has 2 saturated heterocycles. The number of anilines is 4. The maximum absolute atomic E-state index is 13.1. The number of aliphatic hydroxyl groups is 1. The van der Waals surface area contributed by atoms with Crippen molar-refractivity contribution in [2.24, 2.45) is 0 Å². The molecule has 51 heavy (non-hydrogen) atoms. The molecule has 0 saturated carbocycles. The van der Waals surface area contributed by atoms with Gasteiger partial charge in [-0.1, -0.05) is 45.0 Å². The van der Waals surface area contributed by atoms with Crippen molar-refractivity contribution in [1.29, 1.82) is 0 Å². The second-order valence-electron chi connectivity index (χ2n) is 13.5. The third-order valence-electron chi connectivity index (χ3n) is 9.44. The molecule has 4 heterocycles. The Morgan fingerprint density at radius 1 is 1.02 bits per heavy atom. The molecule has 2 atom stereocenters. The van der Waals surface area contributed by atoms with E-state index in [2.05, 4.69) is 56.5 Å². The van der Waals surface area contributed by atoms with Gasteiger partial charge < -0.3 is 31.3 Å². The van der Waals surface area contributed by atoms with Crippen LogP contribution < -0.4 is 26.6 Å². The highest BCUT2D eigenvalue weighted by Gasteiger charge is 2.27. The molecule has 0 bridgehead atoms. The van der Waals surface area contributed by atoms with Crippen LogP contribution in [-0.2, 0) is 22.7 Å². The maximum atomic E-state index is 13.1. The summed E-state index contributed by atoms with van der Waals surface area (Å²) in [7, 11) is 0. The van der Waals surface area contributed by atoms with Gasteiger partial charge in [0.2, 0.25) is 11.8 Å². The number of nitrogens with one attached hydrogen (secondary N) is 5. The minimum Gasteiger partial charge on any atom is -0.394 e. The van der Waals surface area contributed by atoms with Crippen molar-refractivity contribution in [2.75, 3.05) is 54.1 Å². The molecule has 1 unspecified atom stereocenters. The number of hydrogen-bond acceptors (Lipinski definition) is 10. The molecule has 2 aliphatic heterocycles. The molecular weight excluding hydrogens is 648 g/mol. The zero-order valence-corrected chi connectivity index (χ0v) is 29.5. The number of carbonyl (C=O) groups excluding carboxylic acids is 3. The van der Waals surface area contributed by atoms with E-state index < -0.39 is 6.04 Å². The largest absolute Gasteiger partial charge is 0.394 e. The van der Waals surface area contributed by atoms with E-state index in [9.17, 15) is 19.5 Å². The van der Waals surface area contributed by atoms with Crippen molar-refractivity contribution >= 4 is 46.5 Å². The van der Waals surface area contributed by atoms with Crippen molar-refractivity contribution in [3.63, 3.8) is 0 Å². The number of nitrogens with zero attached hydrogens (tertiary/aromatic N) is 5. The minimum absolute atomic E-state index is 0.0194. The number of benzene rings is 2. The van der Waals surface area contributed by atoms with E-state index in [4.69, 9.17) is 4.98 Å². The number of piperidine rings is 1. The Morgan fingerprint density at radius 3 is 2.51 bits per heavy atom. The van der Waals surface area contributed by atoms with Gasteiger partial charge in [-0.25, -0.2) is 9.78 Å². The summed E-state index contributed by atoms with van der Waals surface area (Å²) in [5.41, 5.74) is 5.55. The molecule has 270 valence electrons. The van der Waals surface area contributed by atoms with Crippen LogP contribution in [0.15, 0.2) is 60.8 Å². The van der Waals surface area contributed by atoms with E-state index >= 15 is 0 Å². The average Bonchev–Trinajstić information content (AvgIpc) is 3.56. The first-order valence-corrected chi connectivity index (χ1v) is 17.8. The molecular formula is C37H48N10O4. The number of carbonyl (C=O) groups is 3. The van der Waals surface area contributed by atoms with Gasteiger partial charge in [-0.2, -0.15) is 9.61 Å². The van der Waals surface area contributed by atoms with Gasteiger partial charge in [-0.05, 0) is 54.2 Å². The summed E-state index contributed by atoms with van der Waals surface area (Å²) in [5, 5.41) is 29.8. The number of fused-ring (bicyclic) bond motifs is 1. The first-order valence-electron chi connectivity index (χ1n) is 17.8. The minimum atomic E-state index is -0.421. The molecule has 2 aromatic carbocycles. The summed E-state index contributed by atoms with van der Waals surface area (Å²) < 4.78 is 1.81. The average molecular weight is 697 g/mol. The van der Waals surface area contributed by atoms with Crippen molar-refractivity contribution in [1.82, 2.24) is 29.7 Å². The predicted octanol–water partition coefficient (Wildman–Crippen LogP) is 4.21. The lowest BCUT2D eigenvalue weighted by Gasteiger charge is -2.34. The number of aromatic nitrogens is 3. The number of hydrogen-bond donors (Lipinski definition) is 6. The Balaban J connectivity index is 0.990. The van der Waals surface area contributed by atoms with E-state index in [1.165, 1.54) is 0 Å². The molecule has 4 aromatic rings. The Morgan fingerprint density at radius 2 is 1.80 bits per heavy atom. The molecule has 6 rings (SSSR count). The highest BCUT2D eigenvalue weighted by Crippen LogP contribution is 2.25. The monoisotopic (exact) mass is 696 g/mol. The van der Waals surface area contributed by atoms with Crippen LogP contribution in [0.5, 0.6) is 0 Å². The van der Waals surface area contributed by atoms with E-state index in [1.54, 1.807) is 0 Å². The van der Waals surface area contributed by atoms with Gasteiger partial charge in [-0.3, -0.25) is 19.8 Å². The molecule has 14 heteroatoms. The fraction of sp³-hybridized carbons (Fsp3) is 0.432. The summed E-state index contributed by atoms with van der Waals surface area (Å²) in [4.78, 5) is 45.7. The summed E-state index contributed by atoms with van der Waals surface area (Å²) in [6.07, 6.45) is 3.43. The quantitative estimate of drug-likeness (QED) is 0.111. The number of aliphatic hydroxyl groups excluding tert-OH is 1. The lowest BCUT2D eigenvalue weighted by Crippen LogP contribution is -2.49. The van der Waals surface area contributed by atoms with E-state index in [0.717, 1.165) is 65.6 Å². The summed E-state index contributed by atoms with van der Waals surface area (Å²) in [6.45, 7) is 10.3. The van der Waals surface area contributed by atoms with Crippen molar-refractivity contribution < 1.29 is 19.5 Å². The Kier molecular flexibility index (Phi) is 11.3. The number of urea groups is 1. The second-order valence-corrected chi connectivity index (χ2v) is 13.5. The smallest absolute Gasteiger partial charge is 0.321 e. The second kappa shape index (κ2) is 16.2. The van der Waals surface area contributed by atoms with Gasteiger partial charge in [0.05, 0.1) is 18.8 Å². The molecule has 2 fully saturated rings. The van der Waals surface area contributed by atoms with Crippen LogP contribution >= 0.6 is 0 Å². The first-order chi connectivity index (χ1) is 24.7. The lowest BCUT2D eigenvalue weighted by molar-refractivity contribution is -0.133. The standard InChI is InChI=1S/C37H48N10O4/c1-4-27(23-48)41-32-19-33(47-35(43-32)30(21-39-47)24(2)3)38-20-25-8-10-28(11-9-25)42-37(51)46-16-14-45(15-17-46)22-26-6-5-7-29(18-26)40-31-12-13-34(49)44-36(31)50/h5-11,18-19,21,24,27,31,38,40,48H,4,12-17,20,22-23H2,1-3H3,(H,41,43)(H,42,51)(H,44,49,50)/t27-,31?/m0/s1. The van der Waals surface area contributed by atoms with Gasteiger partial charge >= 0.3 is 6.03 Å². The molecule has 0 spiro atoms. The highest BCUT2D eigenvalue weighted by molar-refractivity contribution is 6.01. The van der Waals surface area contributed by atoms with Crippen LogP contribution in [0.3, 0.4) is 0 Å². The van der Waals surface area contributed by atoms with Crippen molar-refractivity contribution in [2.45, 2.75) is 71.1 Å². The Hall–Kier alpha value is -5.21. The number of amides is 4.